The molecule has 186 valence electrons. The maximum atomic E-state index is 13.8. The predicted molar refractivity (Wildman–Crippen MR) is 130 cm³/mol. The number of amides is 2. The van der Waals surface area contributed by atoms with Gasteiger partial charge in [-0.15, -0.1) is 0 Å². The molecule has 0 aromatic heterocycles. The van der Waals surface area contributed by atoms with Crippen LogP contribution in [0.2, 0.25) is 0 Å². The molecule has 0 aliphatic rings. The number of hydrogen-bond donors (Lipinski definition) is 1. The van der Waals surface area contributed by atoms with E-state index < -0.39 is 34.3 Å². The number of methoxy groups -OCH3 is 1. The van der Waals surface area contributed by atoms with Crippen LogP contribution in [-0.4, -0.2) is 57.6 Å². The zero-order valence-electron chi connectivity index (χ0n) is 20.0. The summed E-state index contributed by atoms with van der Waals surface area (Å²) in [5.41, 5.74) is 0.731. The van der Waals surface area contributed by atoms with Crippen LogP contribution in [0.25, 0.3) is 0 Å². The molecule has 1 unspecified atom stereocenters. The number of benzene rings is 2. The molecule has 8 nitrogen and oxygen atoms in total. The fourth-order valence-corrected chi connectivity index (χ4v) is 4.17. The minimum Gasteiger partial charge on any atom is -0.497 e. The number of unbranched alkanes of at least 4 members (excludes halogenated alkanes) is 1. The molecule has 0 saturated heterocycles. The van der Waals surface area contributed by atoms with Gasteiger partial charge in [0.1, 0.15) is 24.2 Å². The highest BCUT2D eigenvalue weighted by Gasteiger charge is 2.30. The Morgan fingerprint density at radius 3 is 2.47 bits per heavy atom. The van der Waals surface area contributed by atoms with Crippen molar-refractivity contribution in [1.29, 1.82) is 0 Å². The van der Waals surface area contributed by atoms with Crippen molar-refractivity contribution in [3.05, 3.63) is 59.9 Å². The van der Waals surface area contributed by atoms with Crippen molar-refractivity contribution in [3.63, 3.8) is 0 Å². The van der Waals surface area contributed by atoms with E-state index in [9.17, 15) is 22.4 Å². The molecule has 0 radical (unpaired) electrons. The van der Waals surface area contributed by atoms with Crippen LogP contribution in [0.4, 0.5) is 10.1 Å². The summed E-state index contributed by atoms with van der Waals surface area (Å²) < 4.78 is 44.8. The lowest BCUT2D eigenvalue weighted by molar-refractivity contribution is -0.139. The van der Waals surface area contributed by atoms with Crippen molar-refractivity contribution in [2.75, 3.05) is 30.8 Å². The van der Waals surface area contributed by atoms with Gasteiger partial charge in [-0.3, -0.25) is 13.9 Å². The number of rotatable bonds is 12. The van der Waals surface area contributed by atoms with Gasteiger partial charge in [0.15, 0.2) is 0 Å². The molecule has 0 aliphatic heterocycles. The van der Waals surface area contributed by atoms with E-state index in [1.165, 1.54) is 30.2 Å². The van der Waals surface area contributed by atoms with Gasteiger partial charge in [0.25, 0.3) is 0 Å². The maximum absolute atomic E-state index is 13.8. The monoisotopic (exact) mass is 493 g/mol. The normalized spacial score (nSPS) is 12.0. The number of carbonyl (C=O) groups excluding carboxylic acids is 2. The quantitative estimate of drug-likeness (QED) is 0.459. The van der Waals surface area contributed by atoms with Gasteiger partial charge >= 0.3 is 0 Å². The molecule has 0 heterocycles. The Morgan fingerprint density at radius 1 is 1.15 bits per heavy atom. The molecule has 0 saturated carbocycles. The summed E-state index contributed by atoms with van der Waals surface area (Å²) in [6, 6.07) is 11.2. The van der Waals surface area contributed by atoms with Crippen LogP contribution in [0.3, 0.4) is 0 Å². The molecule has 2 amide bonds. The molecular formula is C24H32FN3O5S. The van der Waals surface area contributed by atoms with Crippen LogP contribution in [0.15, 0.2) is 48.5 Å². The van der Waals surface area contributed by atoms with Crippen LogP contribution in [-0.2, 0) is 26.2 Å². The summed E-state index contributed by atoms with van der Waals surface area (Å²) in [6.45, 7) is 3.53. The smallest absolute Gasteiger partial charge is 0.244 e. The van der Waals surface area contributed by atoms with Gasteiger partial charge in [-0.25, -0.2) is 12.8 Å². The molecule has 1 N–H and O–H groups in total. The van der Waals surface area contributed by atoms with E-state index in [1.54, 1.807) is 31.2 Å². The van der Waals surface area contributed by atoms with E-state index in [4.69, 9.17) is 4.74 Å². The first kappa shape index (κ1) is 27.1. The Labute approximate surface area is 200 Å². The number of nitrogens with zero attached hydrogens (tertiary/aromatic N) is 2. The van der Waals surface area contributed by atoms with Gasteiger partial charge in [-0.1, -0.05) is 31.5 Å². The predicted octanol–water partition coefficient (Wildman–Crippen LogP) is 2.93. The molecule has 34 heavy (non-hydrogen) atoms. The fraction of sp³-hybridized carbons (Fsp3) is 0.417. The number of ether oxygens (including phenoxy) is 1. The molecule has 0 spiro atoms. The second-order valence-electron chi connectivity index (χ2n) is 7.94. The first-order chi connectivity index (χ1) is 16.1. The van der Waals surface area contributed by atoms with Gasteiger partial charge in [0.05, 0.1) is 19.1 Å². The van der Waals surface area contributed by atoms with E-state index in [-0.39, 0.29) is 18.1 Å². The average molecular weight is 494 g/mol. The molecule has 2 rings (SSSR count). The Bertz CT molecular complexity index is 1090. The van der Waals surface area contributed by atoms with Crippen LogP contribution in [0.1, 0.15) is 32.3 Å². The van der Waals surface area contributed by atoms with Gasteiger partial charge in [-0.2, -0.15) is 0 Å². The summed E-state index contributed by atoms with van der Waals surface area (Å²) >= 11 is 0. The van der Waals surface area contributed by atoms with Crippen molar-refractivity contribution in [1.82, 2.24) is 10.2 Å². The average Bonchev–Trinajstić information content (AvgIpc) is 2.79. The first-order valence-electron chi connectivity index (χ1n) is 11.0. The second kappa shape index (κ2) is 12.4. The number of sulfonamides is 1. The highest BCUT2D eigenvalue weighted by molar-refractivity contribution is 7.92. The lowest BCUT2D eigenvalue weighted by Gasteiger charge is -2.31. The third-order valence-corrected chi connectivity index (χ3v) is 6.40. The Kier molecular flexibility index (Phi) is 9.85. The SMILES string of the molecule is CCCCNC(=O)C(C)N(Cc1cccc(OC)c1)C(=O)CN(c1cccc(F)c1)S(C)(=O)=O. The standard InChI is InChI=1S/C24H32FN3O5S/c1-5-6-13-26-24(30)18(2)27(16-19-9-7-12-22(14-19)33-3)23(29)17-28(34(4,31)32)21-11-8-10-20(25)15-21/h7-12,14-15,18H,5-6,13,16-17H2,1-4H3,(H,26,30). The number of nitrogens with one attached hydrogen (secondary N) is 1. The summed E-state index contributed by atoms with van der Waals surface area (Å²) in [6.07, 6.45) is 2.64. The van der Waals surface area contributed by atoms with Gasteiger partial charge < -0.3 is 15.0 Å². The van der Waals surface area contributed by atoms with Crippen molar-refractivity contribution >= 4 is 27.5 Å². The Morgan fingerprint density at radius 2 is 1.85 bits per heavy atom. The lowest BCUT2D eigenvalue weighted by atomic mass is 10.1. The second-order valence-corrected chi connectivity index (χ2v) is 9.85. The molecule has 0 fully saturated rings. The molecule has 0 aliphatic carbocycles. The molecule has 2 aromatic carbocycles. The van der Waals surface area contributed by atoms with E-state index >= 15 is 0 Å². The number of hydrogen-bond acceptors (Lipinski definition) is 5. The summed E-state index contributed by atoms with van der Waals surface area (Å²) in [4.78, 5) is 27.5. The Balaban J connectivity index is 2.36. The zero-order chi connectivity index (χ0) is 25.3. The third-order valence-electron chi connectivity index (χ3n) is 5.26. The Hall–Kier alpha value is -3.14. The summed E-state index contributed by atoms with van der Waals surface area (Å²) in [5, 5.41) is 2.81. The zero-order valence-corrected chi connectivity index (χ0v) is 20.8. The van der Waals surface area contributed by atoms with Crippen LogP contribution >= 0.6 is 0 Å². The molecule has 1 atom stereocenters. The van der Waals surface area contributed by atoms with E-state index in [1.807, 2.05) is 6.92 Å². The number of carbonyl (C=O) groups is 2. The largest absolute Gasteiger partial charge is 0.497 e. The molecule has 10 heteroatoms. The highest BCUT2D eigenvalue weighted by atomic mass is 32.2. The fourth-order valence-electron chi connectivity index (χ4n) is 3.33. The number of halogens is 1. The van der Waals surface area contributed by atoms with Gasteiger partial charge in [0.2, 0.25) is 21.8 Å². The lowest BCUT2D eigenvalue weighted by Crippen LogP contribution is -2.51. The molecule has 0 bridgehead atoms. The van der Waals surface area contributed by atoms with Crippen molar-refractivity contribution in [3.8, 4) is 5.75 Å². The third kappa shape index (κ3) is 7.72. The van der Waals surface area contributed by atoms with Crippen LogP contribution in [0.5, 0.6) is 5.75 Å². The van der Waals surface area contributed by atoms with Crippen molar-refractivity contribution in [2.24, 2.45) is 0 Å². The summed E-state index contributed by atoms with van der Waals surface area (Å²) in [7, 11) is -2.39. The van der Waals surface area contributed by atoms with Crippen LogP contribution < -0.4 is 14.4 Å². The van der Waals surface area contributed by atoms with Crippen molar-refractivity contribution < 1.29 is 27.1 Å². The van der Waals surface area contributed by atoms with Gasteiger partial charge in [-0.05, 0) is 49.2 Å². The highest BCUT2D eigenvalue weighted by Crippen LogP contribution is 2.21. The van der Waals surface area contributed by atoms with E-state index in [0.717, 1.165) is 29.5 Å². The maximum Gasteiger partial charge on any atom is 0.244 e. The number of anilines is 1. The van der Waals surface area contributed by atoms with E-state index in [0.29, 0.717) is 17.9 Å². The topological polar surface area (TPSA) is 96.0 Å². The summed E-state index contributed by atoms with van der Waals surface area (Å²) in [5.74, 6) is -0.991. The minimum atomic E-state index is -3.91. The minimum absolute atomic E-state index is 0.0252. The van der Waals surface area contributed by atoms with Gasteiger partial charge in [0, 0.05) is 13.1 Å². The molecular weight excluding hydrogens is 461 g/mol. The van der Waals surface area contributed by atoms with Crippen molar-refractivity contribution in [2.45, 2.75) is 39.3 Å². The first-order valence-corrected chi connectivity index (χ1v) is 12.8. The molecule has 2 aromatic rings. The van der Waals surface area contributed by atoms with Crippen LogP contribution in [0, 0.1) is 5.82 Å². The van der Waals surface area contributed by atoms with E-state index in [2.05, 4.69) is 5.32 Å².